The van der Waals surface area contributed by atoms with Crippen LogP contribution in [0.15, 0.2) is 18.2 Å². The third kappa shape index (κ3) is 2.20. The molecule has 4 nitrogen and oxygen atoms in total. The standard InChI is InChI=1S/C14H15FO4/c1-8-6-5-7-9-10(8)11(16)14(15,18-9)12(17)19-13(2,3)4/h5-7H,1-4H3. The number of aryl methyl sites for hydroxylation is 1. The van der Waals surface area contributed by atoms with E-state index in [0.717, 1.165) is 0 Å². The maximum atomic E-state index is 14.6. The van der Waals surface area contributed by atoms with Gasteiger partial charge in [-0.3, -0.25) is 4.79 Å². The number of Topliss-reactive ketones (excluding diaryl/α,β-unsaturated/α-hetero) is 1. The Bertz CT molecular complexity index is 559. The van der Waals surface area contributed by atoms with Gasteiger partial charge in [0.2, 0.25) is 0 Å². The van der Waals surface area contributed by atoms with Crippen LogP contribution in [-0.2, 0) is 9.53 Å². The van der Waals surface area contributed by atoms with Gasteiger partial charge in [0.1, 0.15) is 11.4 Å². The number of hydrogen-bond donors (Lipinski definition) is 0. The fourth-order valence-corrected chi connectivity index (χ4v) is 1.85. The largest absolute Gasteiger partial charge is 0.454 e. The van der Waals surface area contributed by atoms with E-state index in [0.29, 0.717) is 5.56 Å². The van der Waals surface area contributed by atoms with Crippen LogP contribution in [-0.4, -0.2) is 23.2 Å². The first kappa shape index (κ1) is 13.5. The number of hydrogen-bond acceptors (Lipinski definition) is 4. The van der Waals surface area contributed by atoms with Gasteiger partial charge in [-0.15, -0.1) is 0 Å². The maximum absolute atomic E-state index is 14.6. The summed E-state index contributed by atoms with van der Waals surface area (Å²) >= 11 is 0. The van der Waals surface area contributed by atoms with Gasteiger partial charge in [-0.05, 0) is 39.3 Å². The van der Waals surface area contributed by atoms with Crippen LogP contribution in [0.5, 0.6) is 5.75 Å². The molecule has 0 amide bonds. The normalized spacial score (nSPS) is 21.8. The van der Waals surface area contributed by atoms with Crippen LogP contribution >= 0.6 is 0 Å². The van der Waals surface area contributed by atoms with Gasteiger partial charge in [0.15, 0.2) is 0 Å². The minimum absolute atomic E-state index is 0.0679. The first-order chi connectivity index (χ1) is 8.65. The third-order valence-electron chi connectivity index (χ3n) is 2.67. The van der Waals surface area contributed by atoms with Crippen LogP contribution < -0.4 is 4.74 Å². The first-order valence-corrected chi connectivity index (χ1v) is 5.91. The molecular formula is C14H15FO4. The van der Waals surface area contributed by atoms with Crippen molar-refractivity contribution < 1.29 is 23.5 Å². The van der Waals surface area contributed by atoms with E-state index >= 15 is 0 Å². The number of alkyl halides is 1. The molecule has 0 radical (unpaired) electrons. The topological polar surface area (TPSA) is 52.6 Å². The van der Waals surface area contributed by atoms with Crippen LogP contribution in [0.2, 0.25) is 0 Å². The molecule has 0 bridgehead atoms. The lowest BCUT2D eigenvalue weighted by Gasteiger charge is -2.24. The van der Waals surface area contributed by atoms with Crippen molar-refractivity contribution in [2.75, 3.05) is 0 Å². The van der Waals surface area contributed by atoms with Gasteiger partial charge in [0.05, 0.1) is 5.56 Å². The summed E-state index contributed by atoms with van der Waals surface area (Å²) in [5.41, 5.74) is -0.245. The zero-order chi connectivity index (χ0) is 14.4. The van der Waals surface area contributed by atoms with Crippen LogP contribution in [0, 0.1) is 6.92 Å². The Morgan fingerprint density at radius 2 is 2.00 bits per heavy atom. The van der Waals surface area contributed by atoms with Gasteiger partial charge in [-0.2, -0.15) is 4.39 Å². The van der Waals surface area contributed by atoms with Crippen LogP contribution in [0.25, 0.3) is 0 Å². The predicted molar refractivity (Wildman–Crippen MR) is 65.8 cm³/mol. The summed E-state index contributed by atoms with van der Waals surface area (Å²) in [6.45, 7) is 6.42. The summed E-state index contributed by atoms with van der Waals surface area (Å²) in [6, 6.07) is 4.73. The molecule has 1 aliphatic rings. The van der Waals surface area contributed by atoms with Gasteiger partial charge in [-0.1, -0.05) is 12.1 Å². The Balaban J connectivity index is 2.37. The van der Waals surface area contributed by atoms with Crippen molar-refractivity contribution in [1.82, 2.24) is 0 Å². The summed E-state index contributed by atoms with van der Waals surface area (Å²) in [4.78, 5) is 23.9. The average Bonchev–Trinajstić information content (AvgIpc) is 2.51. The molecule has 1 heterocycles. The molecule has 19 heavy (non-hydrogen) atoms. The first-order valence-electron chi connectivity index (χ1n) is 5.91. The zero-order valence-electron chi connectivity index (χ0n) is 11.2. The number of carbonyl (C=O) groups excluding carboxylic acids is 2. The zero-order valence-corrected chi connectivity index (χ0v) is 11.2. The lowest BCUT2D eigenvalue weighted by atomic mass is 10.0. The Morgan fingerprint density at radius 3 is 2.53 bits per heavy atom. The second kappa shape index (κ2) is 4.05. The summed E-state index contributed by atoms with van der Waals surface area (Å²) < 4.78 is 24.4. The van der Waals surface area contributed by atoms with Crippen molar-refractivity contribution in [3.8, 4) is 5.75 Å². The highest BCUT2D eigenvalue weighted by atomic mass is 19.2. The molecule has 5 heteroatoms. The quantitative estimate of drug-likeness (QED) is 0.579. The van der Waals surface area contributed by atoms with Crippen molar-refractivity contribution in [2.24, 2.45) is 0 Å². The number of carbonyl (C=O) groups is 2. The molecule has 1 aromatic carbocycles. The fraction of sp³-hybridized carbons (Fsp3) is 0.429. The molecule has 2 rings (SSSR count). The summed E-state index contributed by atoms with van der Waals surface area (Å²) in [6.07, 6.45) is 0. The summed E-state index contributed by atoms with van der Waals surface area (Å²) in [5.74, 6) is -5.34. The molecule has 0 fully saturated rings. The smallest absolute Gasteiger partial charge is 0.410 e. The monoisotopic (exact) mass is 266 g/mol. The average molecular weight is 266 g/mol. The van der Waals surface area contributed by atoms with E-state index in [4.69, 9.17) is 9.47 Å². The Labute approximate surface area is 110 Å². The predicted octanol–water partition coefficient (Wildman–Crippen LogP) is 2.58. The van der Waals surface area contributed by atoms with Crippen LogP contribution in [0.3, 0.4) is 0 Å². The second-order valence-corrected chi connectivity index (χ2v) is 5.48. The lowest BCUT2D eigenvalue weighted by molar-refractivity contribution is -0.181. The molecule has 0 aliphatic carbocycles. The highest BCUT2D eigenvalue weighted by molar-refractivity contribution is 6.18. The molecule has 0 spiro atoms. The van der Waals surface area contributed by atoms with E-state index in [-0.39, 0.29) is 11.3 Å². The highest BCUT2D eigenvalue weighted by Gasteiger charge is 2.58. The molecule has 0 N–H and O–H groups in total. The number of esters is 1. The summed E-state index contributed by atoms with van der Waals surface area (Å²) in [7, 11) is 0. The maximum Gasteiger partial charge on any atom is 0.410 e. The number of halogens is 1. The lowest BCUT2D eigenvalue weighted by Crippen LogP contribution is -2.47. The molecular weight excluding hydrogens is 251 g/mol. The van der Waals surface area contributed by atoms with Crippen molar-refractivity contribution >= 4 is 11.8 Å². The minimum atomic E-state index is -3.08. The Kier molecular flexibility index (Phi) is 2.88. The van der Waals surface area contributed by atoms with Crippen molar-refractivity contribution in [1.29, 1.82) is 0 Å². The molecule has 102 valence electrons. The molecule has 0 saturated carbocycles. The van der Waals surface area contributed by atoms with Gasteiger partial charge in [0.25, 0.3) is 5.78 Å². The van der Waals surface area contributed by atoms with E-state index in [1.165, 1.54) is 6.07 Å². The number of benzene rings is 1. The van der Waals surface area contributed by atoms with Crippen LogP contribution in [0.4, 0.5) is 4.39 Å². The number of ether oxygens (including phenoxy) is 2. The van der Waals surface area contributed by atoms with Crippen molar-refractivity contribution in [2.45, 2.75) is 39.2 Å². The van der Waals surface area contributed by atoms with E-state index < -0.39 is 23.2 Å². The number of rotatable bonds is 1. The number of ketones is 1. The highest BCUT2D eigenvalue weighted by Crippen LogP contribution is 2.39. The SMILES string of the molecule is Cc1cccc2c1C(=O)C(F)(C(=O)OC(C)(C)C)O2. The van der Waals surface area contributed by atoms with E-state index in [2.05, 4.69) is 0 Å². The molecule has 1 atom stereocenters. The van der Waals surface area contributed by atoms with Gasteiger partial charge >= 0.3 is 11.8 Å². The molecule has 1 unspecified atom stereocenters. The molecule has 1 aromatic rings. The molecule has 1 aliphatic heterocycles. The van der Waals surface area contributed by atoms with Gasteiger partial charge < -0.3 is 9.47 Å². The minimum Gasteiger partial charge on any atom is -0.454 e. The van der Waals surface area contributed by atoms with Crippen LogP contribution in [0.1, 0.15) is 36.7 Å². The fourth-order valence-electron chi connectivity index (χ4n) is 1.85. The number of fused-ring (bicyclic) bond motifs is 1. The Hall–Kier alpha value is -1.91. The second-order valence-electron chi connectivity index (χ2n) is 5.48. The van der Waals surface area contributed by atoms with Crippen molar-refractivity contribution in [3.63, 3.8) is 0 Å². The van der Waals surface area contributed by atoms with E-state index in [9.17, 15) is 14.0 Å². The summed E-state index contributed by atoms with van der Waals surface area (Å²) in [5, 5.41) is 0. The van der Waals surface area contributed by atoms with Crippen molar-refractivity contribution in [3.05, 3.63) is 29.3 Å². The van der Waals surface area contributed by atoms with Gasteiger partial charge in [0, 0.05) is 0 Å². The van der Waals surface area contributed by atoms with Gasteiger partial charge in [-0.25, -0.2) is 4.79 Å². The molecule has 0 aromatic heterocycles. The third-order valence-corrected chi connectivity index (χ3v) is 2.67. The molecule has 0 saturated heterocycles. The van der Waals surface area contributed by atoms with E-state index in [1.807, 2.05) is 0 Å². The Morgan fingerprint density at radius 1 is 1.37 bits per heavy atom. The van der Waals surface area contributed by atoms with E-state index in [1.54, 1.807) is 39.8 Å².